The minimum Gasteiger partial charge on any atom is -0.396 e. The van der Waals surface area contributed by atoms with Gasteiger partial charge in [-0.1, -0.05) is 60.3 Å². The lowest BCUT2D eigenvalue weighted by atomic mass is 9.81. The molecule has 1 heteroatoms. The Hall–Kier alpha value is -0.0400. The highest BCUT2D eigenvalue weighted by molar-refractivity contribution is 4.69. The third kappa shape index (κ3) is 10.5. The van der Waals surface area contributed by atoms with Crippen LogP contribution in [0.15, 0.2) is 0 Å². The van der Waals surface area contributed by atoms with Gasteiger partial charge in [0, 0.05) is 6.61 Å². The van der Waals surface area contributed by atoms with E-state index in [4.69, 9.17) is 5.11 Å². The zero-order valence-corrected chi connectivity index (χ0v) is 12.1. The van der Waals surface area contributed by atoms with Gasteiger partial charge >= 0.3 is 0 Å². The Bertz CT molecular complexity index is 155. The van der Waals surface area contributed by atoms with Gasteiger partial charge in [0.2, 0.25) is 0 Å². The molecule has 1 atom stereocenters. The fourth-order valence-electron chi connectivity index (χ4n) is 2.38. The molecule has 0 aliphatic rings. The highest BCUT2D eigenvalue weighted by Crippen LogP contribution is 2.29. The molecule has 0 spiro atoms. The maximum atomic E-state index is 9.08. The van der Waals surface area contributed by atoms with E-state index in [0.717, 1.165) is 18.3 Å². The normalized spacial score (nSPS) is 14.4. The van der Waals surface area contributed by atoms with Crippen molar-refractivity contribution in [3.8, 4) is 0 Å². The summed E-state index contributed by atoms with van der Waals surface area (Å²) in [5.74, 6) is 1.55. The van der Waals surface area contributed by atoms with Crippen molar-refractivity contribution in [3.05, 3.63) is 0 Å². The number of aliphatic hydroxyl groups excluding tert-OH is 1. The van der Waals surface area contributed by atoms with Gasteiger partial charge < -0.3 is 5.11 Å². The minimum absolute atomic E-state index is 0.352. The van der Waals surface area contributed by atoms with Gasteiger partial charge in [-0.2, -0.15) is 0 Å². The Morgan fingerprint density at radius 3 is 1.94 bits per heavy atom. The van der Waals surface area contributed by atoms with Crippen LogP contribution in [0.4, 0.5) is 0 Å². The first-order valence-corrected chi connectivity index (χ1v) is 6.96. The van der Waals surface area contributed by atoms with Crippen molar-refractivity contribution < 1.29 is 5.11 Å². The molecule has 0 fully saturated rings. The zero-order chi connectivity index (χ0) is 12.6. The molecule has 0 aliphatic carbocycles. The molecule has 16 heavy (non-hydrogen) atoms. The molecule has 0 bridgehead atoms. The number of hydrogen-bond acceptors (Lipinski definition) is 1. The van der Waals surface area contributed by atoms with Crippen molar-refractivity contribution in [1.82, 2.24) is 0 Å². The monoisotopic (exact) mass is 228 g/mol. The third-order valence-corrected chi connectivity index (χ3v) is 3.08. The van der Waals surface area contributed by atoms with E-state index in [9.17, 15) is 0 Å². The summed E-state index contributed by atoms with van der Waals surface area (Å²) >= 11 is 0. The quantitative estimate of drug-likeness (QED) is 0.600. The Balaban J connectivity index is 3.76. The van der Waals surface area contributed by atoms with Crippen LogP contribution in [0.25, 0.3) is 0 Å². The summed E-state index contributed by atoms with van der Waals surface area (Å²) in [6.07, 6.45) is 7.56. The van der Waals surface area contributed by atoms with Crippen LogP contribution in [-0.2, 0) is 0 Å². The lowest BCUT2D eigenvalue weighted by Crippen LogP contribution is -2.14. The lowest BCUT2D eigenvalue weighted by molar-refractivity contribution is 0.207. The van der Waals surface area contributed by atoms with Gasteiger partial charge in [-0.05, 0) is 30.1 Å². The highest BCUT2D eigenvalue weighted by Gasteiger charge is 2.17. The van der Waals surface area contributed by atoms with Crippen molar-refractivity contribution in [2.24, 2.45) is 17.3 Å². The van der Waals surface area contributed by atoms with Gasteiger partial charge in [-0.3, -0.25) is 0 Å². The summed E-state index contributed by atoms with van der Waals surface area (Å²) in [6, 6.07) is 0. The van der Waals surface area contributed by atoms with Crippen molar-refractivity contribution in [2.75, 3.05) is 6.61 Å². The van der Waals surface area contributed by atoms with E-state index in [1.165, 1.54) is 32.1 Å². The van der Waals surface area contributed by atoms with Crippen molar-refractivity contribution in [2.45, 2.75) is 73.1 Å². The SMILES string of the molecule is CC(C)CCCC[C@@H](CCO)CC(C)(C)C. The van der Waals surface area contributed by atoms with Crippen molar-refractivity contribution in [3.63, 3.8) is 0 Å². The predicted molar refractivity (Wildman–Crippen MR) is 72.6 cm³/mol. The number of rotatable bonds is 8. The summed E-state index contributed by atoms with van der Waals surface area (Å²) in [5.41, 5.74) is 0.401. The molecular weight excluding hydrogens is 196 g/mol. The number of aliphatic hydroxyl groups is 1. The summed E-state index contributed by atoms with van der Waals surface area (Å²) in [4.78, 5) is 0. The summed E-state index contributed by atoms with van der Waals surface area (Å²) in [6.45, 7) is 11.8. The van der Waals surface area contributed by atoms with Crippen LogP contribution in [-0.4, -0.2) is 11.7 Å². The molecule has 98 valence electrons. The number of hydrogen-bond donors (Lipinski definition) is 1. The zero-order valence-electron chi connectivity index (χ0n) is 12.1. The molecule has 0 aromatic heterocycles. The van der Waals surface area contributed by atoms with Crippen LogP contribution in [0.2, 0.25) is 0 Å². The van der Waals surface area contributed by atoms with E-state index in [0.29, 0.717) is 12.0 Å². The smallest absolute Gasteiger partial charge is 0.0433 e. The molecule has 0 saturated heterocycles. The Morgan fingerprint density at radius 2 is 1.50 bits per heavy atom. The maximum Gasteiger partial charge on any atom is 0.0433 e. The van der Waals surface area contributed by atoms with Crippen LogP contribution in [0.5, 0.6) is 0 Å². The second kappa shape index (κ2) is 8.11. The second-order valence-electron chi connectivity index (χ2n) is 6.82. The van der Waals surface area contributed by atoms with Gasteiger partial charge in [-0.25, -0.2) is 0 Å². The number of unbranched alkanes of at least 4 members (excludes halogenated alkanes) is 1. The first-order chi connectivity index (χ1) is 7.35. The minimum atomic E-state index is 0.352. The first-order valence-electron chi connectivity index (χ1n) is 6.96. The van der Waals surface area contributed by atoms with E-state index in [-0.39, 0.29) is 0 Å². The topological polar surface area (TPSA) is 20.2 Å². The first kappa shape index (κ1) is 16.0. The van der Waals surface area contributed by atoms with E-state index in [1.54, 1.807) is 0 Å². The summed E-state index contributed by atoms with van der Waals surface area (Å²) in [5, 5.41) is 9.08. The molecule has 0 aromatic rings. The lowest BCUT2D eigenvalue weighted by Gasteiger charge is -2.25. The average Bonchev–Trinajstić information content (AvgIpc) is 2.09. The average molecular weight is 228 g/mol. The fourth-order valence-corrected chi connectivity index (χ4v) is 2.38. The summed E-state index contributed by atoms with van der Waals surface area (Å²) in [7, 11) is 0. The van der Waals surface area contributed by atoms with Gasteiger partial charge in [0.25, 0.3) is 0 Å². The van der Waals surface area contributed by atoms with Crippen molar-refractivity contribution in [1.29, 1.82) is 0 Å². The summed E-state index contributed by atoms with van der Waals surface area (Å²) < 4.78 is 0. The second-order valence-corrected chi connectivity index (χ2v) is 6.82. The van der Waals surface area contributed by atoms with Crippen LogP contribution >= 0.6 is 0 Å². The Labute approximate surface area is 103 Å². The largest absolute Gasteiger partial charge is 0.396 e. The van der Waals surface area contributed by atoms with Crippen molar-refractivity contribution >= 4 is 0 Å². The Morgan fingerprint density at radius 1 is 0.938 bits per heavy atom. The predicted octanol–water partition coefficient (Wildman–Crippen LogP) is 4.64. The molecule has 0 amide bonds. The molecule has 0 heterocycles. The van der Waals surface area contributed by atoms with Gasteiger partial charge in [0.15, 0.2) is 0 Å². The van der Waals surface area contributed by atoms with Crippen LogP contribution in [0, 0.1) is 17.3 Å². The van der Waals surface area contributed by atoms with Crippen LogP contribution in [0.1, 0.15) is 73.1 Å². The molecule has 0 saturated carbocycles. The maximum absolute atomic E-state index is 9.08. The van der Waals surface area contributed by atoms with Crippen LogP contribution < -0.4 is 0 Å². The van der Waals surface area contributed by atoms with Gasteiger partial charge in [0.1, 0.15) is 0 Å². The van der Waals surface area contributed by atoms with Crippen LogP contribution in [0.3, 0.4) is 0 Å². The molecule has 1 nitrogen and oxygen atoms in total. The molecule has 0 radical (unpaired) electrons. The standard InChI is InChI=1S/C15H32O/c1-13(2)8-6-7-9-14(10-11-16)12-15(3,4)5/h13-14,16H,6-12H2,1-5H3/t14-/m0/s1. The fraction of sp³-hybridized carbons (Fsp3) is 1.00. The highest BCUT2D eigenvalue weighted by atomic mass is 16.3. The van der Waals surface area contributed by atoms with E-state index < -0.39 is 0 Å². The Kier molecular flexibility index (Phi) is 8.09. The van der Waals surface area contributed by atoms with E-state index >= 15 is 0 Å². The van der Waals surface area contributed by atoms with E-state index in [2.05, 4.69) is 34.6 Å². The van der Waals surface area contributed by atoms with E-state index in [1.807, 2.05) is 0 Å². The third-order valence-electron chi connectivity index (χ3n) is 3.08. The van der Waals surface area contributed by atoms with Gasteiger partial charge in [0.05, 0.1) is 0 Å². The molecule has 1 N–H and O–H groups in total. The molecule has 0 aliphatic heterocycles. The molecular formula is C15H32O. The molecule has 0 aromatic carbocycles. The molecule has 0 rings (SSSR count). The van der Waals surface area contributed by atoms with Gasteiger partial charge in [-0.15, -0.1) is 0 Å². The molecule has 0 unspecified atom stereocenters.